The molecule has 130 valence electrons. The number of thioether (sulfide) groups is 1. The molecule has 0 fully saturated rings. The number of thiocarbonyl (C=S) groups is 1. The van der Waals surface area contributed by atoms with E-state index >= 15 is 0 Å². The maximum Gasteiger partial charge on any atom is 0.219 e. The number of benzene rings is 1. The molecule has 1 aromatic rings. The summed E-state index contributed by atoms with van der Waals surface area (Å²) in [7, 11) is 1.69. The van der Waals surface area contributed by atoms with Crippen molar-refractivity contribution in [1.82, 2.24) is 0 Å². The minimum Gasteiger partial charge on any atom is -0.497 e. The Bertz CT molecular complexity index is 435. The van der Waals surface area contributed by atoms with Crippen molar-refractivity contribution in [3.05, 3.63) is 29.8 Å². The average molecular weight is 355 g/mol. The van der Waals surface area contributed by atoms with Gasteiger partial charge in [-0.3, -0.25) is 0 Å². The first-order chi connectivity index (χ1) is 11.3. The Morgan fingerprint density at radius 1 is 1.09 bits per heavy atom. The van der Waals surface area contributed by atoms with E-state index in [2.05, 4.69) is 13.0 Å². The third kappa shape index (κ3) is 10.6. The SMILES string of the molecule is CCCCCCCCCSC(=S)OCCc1cccc(OC)c1. The zero-order valence-corrected chi connectivity index (χ0v) is 16.1. The highest BCUT2D eigenvalue weighted by molar-refractivity contribution is 8.22. The zero-order valence-electron chi connectivity index (χ0n) is 14.5. The first kappa shape index (κ1) is 20.3. The highest BCUT2D eigenvalue weighted by Gasteiger charge is 2.01. The molecular formula is C19H30O2S2. The van der Waals surface area contributed by atoms with E-state index in [1.165, 1.54) is 50.5 Å². The number of rotatable bonds is 12. The van der Waals surface area contributed by atoms with Gasteiger partial charge in [0.25, 0.3) is 0 Å². The minimum absolute atomic E-state index is 0.635. The van der Waals surface area contributed by atoms with Gasteiger partial charge in [0.2, 0.25) is 4.38 Å². The smallest absolute Gasteiger partial charge is 0.219 e. The molecule has 0 spiro atoms. The summed E-state index contributed by atoms with van der Waals surface area (Å²) in [6.45, 7) is 2.89. The molecule has 1 rings (SSSR count). The summed E-state index contributed by atoms with van der Waals surface area (Å²) in [4.78, 5) is 0. The predicted molar refractivity (Wildman–Crippen MR) is 106 cm³/mol. The monoisotopic (exact) mass is 354 g/mol. The molecule has 0 aliphatic carbocycles. The maximum absolute atomic E-state index is 5.63. The molecule has 1 aromatic carbocycles. The van der Waals surface area contributed by atoms with Crippen molar-refractivity contribution in [2.45, 2.75) is 58.3 Å². The molecule has 0 aliphatic heterocycles. The molecule has 0 heterocycles. The molecule has 23 heavy (non-hydrogen) atoms. The maximum atomic E-state index is 5.63. The van der Waals surface area contributed by atoms with E-state index in [4.69, 9.17) is 21.7 Å². The van der Waals surface area contributed by atoms with Gasteiger partial charge in [0, 0.05) is 12.2 Å². The molecule has 4 heteroatoms. The van der Waals surface area contributed by atoms with Gasteiger partial charge < -0.3 is 9.47 Å². The van der Waals surface area contributed by atoms with Crippen LogP contribution in [0, 0.1) is 0 Å². The van der Waals surface area contributed by atoms with Gasteiger partial charge in [0.05, 0.1) is 13.7 Å². The fourth-order valence-electron chi connectivity index (χ4n) is 2.34. The van der Waals surface area contributed by atoms with Crippen molar-refractivity contribution in [3.63, 3.8) is 0 Å². The second-order valence-corrected chi connectivity index (χ2v) is 7.37. The lowest BCUT2D eigenvalue weighted by molar-refractivity contribution is 0.326. The van der Waals surface area contributed by atoms with Crippen LogP contribution in [0.3, 0.4) is 0 Å². The van der Waals surface area contributed by atoms with Crippen LogP contribution in [-0.2, 0) is 11.2 Å². The molecule has 2 nitrogen and oxygen atoms in total. The van der Waals surface area contributed by atoms with Crippen LogP contribution in [0.15, 0.2) is 24.3 Å². The summed E-state index contributed by atoms with van der Waals surface area (Å²) in [5.74, 6) is 1.96. The lowest BCUT2D eigenvalue weighted by atomic mass is 10.1. The third-order valence-corrected chi connectivity index (χ3v) is 5.03. The van der Waals surface area contributed by atoms with Crippen molar-refractivity contribution in [2.24, 2.45) is 0 Å². The van der Waals surface area contributed by atoms with Gasteiger partial charge in [-0.15, -0.1) is 0 Å². The molecule has 0 atom stereocenters. The molecule has 0 amide bonds. The summed E-state index contributed by atoms with van der Waals surface area (Å²) in [6.07, 6.45) is 10.2. The second kappa shape index (κ2) is 13.7. The van der Waals surface area contributed by atoms with Gasteiger partial charge in [-0.2, -0.15) is 0 Å². The number of hydrogen-bond acceptors (Lipinski definition) is 4. The minimum atomic E-state index is 0.635. The van der Waals surface area contributed by atoms with E-state index in [-0.39, 0.29) is 0 Å². The fourth-order valence-corrected chi connectivity index (χ4v) is 3.35. The van der Waals surface area contributed by atoms with Gasteiger partial charge in [-0.1, -0.05) is 69.3 Å². The lowest BCUT2D eigenvalue weighted by Crippen LogP contribution is -2.03. The van der Waals surface area contributed by atoms with Crippen molar-refractivity contribution in [1.29, 1.82) is 0 Å². The van der Waals surface area contributed by atoms with Crippen molar-refractivity contribution in [3.8, 4) is 5.75 Å². The Labute approximate surface area is 151 Å². The summed E-state index contributed by atoms with van der Waals surface area (Å²) in [6, 6.07) is 8.08. The van der Waals surface area contributed by atoms with E-state index in [0.717, 1.165) is 17.9 Å². The van der Waals surface area contributed by atoms with Crippen LogP contribution in [0.25, 0.3) is 0 Å². The highest BCUT2D eigenvalue weighted by atomic mass is 32.2. The van der Waals surface area contributed by atoms with Crippen LogP contribution < -0.4 is 4.74 Å². The van der Waals surface area contributed by atoms with E-state index < -0.39 is 0 Å². The number of hydrogen-bond donors (Lipinski definition) is 0. The fraction of sp³-hybridized carbons (Fsp3) is 0.632. The van der Waals surface area contributed by atoms with E-state index in [1.807, 2.05) is 18.2 Å². The predicted octanol–water partition coefficient (Wildman–Crippen LogP) is 6.02. The van der Waals surface area contributed by atoms with Crippen LogP contribution in [-0.4, -0.2) is 23.9 Å². The van der Waals surface area contributed by atoms with Crippen LogP contribution in [0.2, 0.25) is 0 Å². The molecule has 0 aliphatic rings. The molecule has 0 saturated carbocycles. The van der Waals surface area contributed by atoms with Crippen LogP contribution in [0.4, 0.5) is 0 Å². The summed E-state index contributed by atoms with van der Waals surface area (Å²) >= 11 is 6.94. The standard InChI is InChI=1S/C19H30O2S2/c1-3-4-5-6-7-8-9-15-23-19(22)21-14-13-17-11-10-12-18(16-17)20-2/h10-12,16H,3-9,13-15H2,1-2H3. The third-order valence-electron chi connectivity index (χ3n) is 3.71. The molecule has 0 bridgehead atoms. The quantitative estimate of drug-likeness (QED) is 0.337. The van der Waals surface area contributed by atoms with Crippen molar-refractivity contribution >= 4 is 28.4 Å². The molecule has 0 saturated heterocycles. The summed E-state index contributed by atoms with van der Waals surface area (Å²) in [5.41, 5.74) is 1.21. The molecule has 0 N–H and O–H groups in total. The van der Waals surface area contributed by atoms with E-state index in [0.29, 0.717) is 11.0 Å². The van der Waals surface area contributed by atoms with Crippen LogP contribution >= 0.6 is 24.0 Å². The Hall–Kier alpha value is -0.740. The Kier molecular flexibility index (Phi) is 12.1. The van der Waals surface area contributed by atoms with Crippen LogP contribution in [0.1, 0.15) is 57.4 Å². The normalized spacial score (nSPS) is 10.5. The Morgan fingerprint density at radius 2 is 1.83 bits per heavy atom. The van der Waals surface area contributed by atoms with Gasteiger partial charge in [-0.05, 0) is 36.3 Å². The summed E-state index contributed by atoms with van der Waals surface area (Å²) < 4.78 is 11.5. The molecule has 0 aromatic heterocycles. The lowest BCUT2D eigenvalue weighted by Gasteiger charge is -2.08. The van der Waals surface area contributed by atoms with Gasteiger partial charge in [0.15, 0.2) is 0 Å². The van der Waals surface area contributed by atoms with Crippen molar-refractivity contribution in [2.75, 3.05) is 19.5 Å². The second-order valence-electron chi connectivity index (χ2n) is 5.67. The highest BCUT2D eigenvalue weighted by Crippen LogP contribution is 2.15. The Balaban J connectivity index is 1.99. The molecule has 0 unspecified atom stereocenters. The summed E-state index contributed by atoms with van der Waals surface area (Å²) in [5, 5.41) is 0. The van der Waals surface area contributed by atoms with Gasteiger partial charge in [0.1, 0.15) is 5.75 Å². The largest absolute Gasteiger partial charge is 0.497 e. The van der Waals surface area contributed by atoms with Crippen LogP contribution in [0.5, 0.6) is 5.75 Å². The molecule has 0 radical (unpaired) electrons. The average Bonchev–Trinajstić information content (AvgIpc) is 2.57. The first-order valence-corrected chi connectivity index (χ1v) is 10.1. The topological polar surface area (TPSA) is 18.5 Å². The van der Waals surface area contributed by atoms with E-state index in [1.54, 1.807) is 18.9 Å². The Morgan fingerprint density at radius 3 is 2.57 bits per heavy atom. The van der Waals surface area contributed by atoms with Gasteiger partial charge in [-0.25, -0.2) is 0 Å². The number of methoxy groups -OCH3 is 1. The van der Waals surface area contributed by atoms with Gasteiger partial charge >= 0.3 is 0 Å². The first-order valence-electron chi connectivity index (χ1n) is 8.68. The van der Waals surface area contributed by atoms with E-state index in [9.17, 15) is 0 Å². The molecular weight excluding hydrogens is 324 g/mol. The zero-order chi connectivity index (χ0) is 16.8. The number of ether oxygens (including phenoxy) is 2. The van der Waals surface area contributed by atoms with Crippen molar-refractivity contribution < 1.29 is 9.47 Å². The number of unbranched alkanes of at least 4 members (excludes halogenated alkanes) is 6.